The van der Waals surface area contributed by atoms with Gasteiger partial charge in [0.2, 0.25) is 5.91 Å². The van der Waals surface area contributed by atoms with E-state index in [1.165, 1.54) is 11.8 Å². The molecular weight excluding hydrogens is 380 g/mol. The van der Waals surface area contributed by atoms with E-state index in [2.05, 4.69) is 6.07 Å². The van der Waals surface area contributed by atoms with Gasteiger partial charge < -0.3 is 0 Å². The van der Waals surface area contributed by atoms with Gasteiger partial charge in [-0.1, -0.05) is 59.8 Å². The zero-order valence-corrected chi connectivity index (χ0v) is 15.5. The van der Waals surface area contributed by atoms with E-state index in [0.717, 1.165) is 11.1 Å². The highest BCUT2D eigenvalue weighted by atomic mass is 35.5. The number of thioether (sulfide) groups is 1. The summed E-state index contributed by atoms with van der Waals surface area (Å²) in [5.41, 5.74) is 3.70. The van der Waals surface area contributed by atoms with E-state index in [-0.39, 0.29) is 17.4 Å². The second kappa shape index (κ2) is 5.85. The molecule has 1 saturated heterocycles. The highest BCUT2D eigenvalue weighted by Crippen LogP contribution is 2.54. The van der Waals surface area contributed by atoms with Crippen molar-refractivity contribution in [1.29, 1.82) is 5.26 Å². The first-order valence-electron chi connectivity index (χ1n) is 8.35. The molecule has 1 fully saturated rings. The molecule has 1 amide bonds. The monoisotopic (exact) mass is 390 g/mol. The smallest absolute Gasteiger partial charge is 0.242 e. The van der Waals surface area contributed by atoms with Gasteiger partial charge in [-0.05, 0) is 17.7 Å². The van der Waals surface area contributed by atoms with Crippen LogP contribution in [0.1, 0.15) is 27.4 Å². The van der Waals surface area contributed by atoms with Crippen LogP contribution in [0.5, 0.6) is 0 Å². The lowest BCUT2D eigenvalue weighted by Gasteiger charge is -2.31. The Morgan fingerprint density at radius 2 is 1.78 bits per heavy atom. The molecule has 2 heterocycles. The van der Waals surface area contributed by atoms with Crippen molar-refractivity contribution < 1.29 is 9.59 Å². The Morgan fingerprint density at radius 3 is 2.48 bits per heavy atom. The number of carbonyl (C=O) groups is 2. The number of allylic oxidation sites excluding steroid dienone is 2. The van der Waals surface area contributed by atoms with E-state index < -0.39 is 5.92 Å². The number of hydrogen-bond acceptors (Lipinski definition) is 4. The Morgan fingerprint density at radius 1 is 1.07 bits per heavy atom. The molecule has 1 aliphatic carbocycles. The van der Waals surface area contributed by atoms with E-state index in [4.69, 9.17) is 11.6 Å². The standard InChI is InChI=1S/C21H11ClN2O2S/c22-12-7-5-11(6-8-12)17-15(9-23)21-24(16(25)10-27-21)19-13-3-1-2-4-14(13)20(26)18(17)19/h1-8,17H,10H2. The fourth-order valence-electron chi connectivity index (χ4n) is 3.96. The van der Waals surface area contributed by atoms with Gasteiger partial charge in [0, 0.05) is 21.7 Å². The first-order chi connectivity index (χ1) is 13.1. The van der Waals surface area contributed by atoms with Gasteiger partial charge in [-0.15, -0.1) is 0 Å². The van der Waals surface area contributed by atoms with Crippen LogP contribution < -0.4 is 0 Å². The highest BCUT2D eigenvalue weighted by molar-refractivity contribution is 8.04. The maximum Gasteiger partial charge on any atom is 0.242 e. The molecule has 0 N–H and O–H groups in total. The zero-order chi connectivity index (χ0) is 18.7. The van der Waals surface area contributed by atoms with E-state index in [1.807, 2.05) is 30.3 Å². The van der Waals surface area contributed by atoms with Crippen molar-refractivity contribution >= 4 is 40.8 Å². The lowest BCUT2D eigenvalue weighted by molar-refractivity contribution is -0.122. The number of rotatable bonds is 1. The predicted octanol–water partition coefficient (Wildman–Crippen LogP) is 4.36. The number of carbonyl (C=O) groups excluding carboxylic acids is 2. The molecule has 0 bridgehead atoms. The van der Waals surface area contributed by atoms with Crippen molar-refractivity contribution in [3.63, 3.8) is 0 Å². The summed E-state index contributed by atoms with van der Waals surface area (Å²) in [5.74, 6) is -0.473. The molecule has 27 heavy (non-hydrogen) atoms. The summed E-state index contributed by atoms with van der Waals surface area (Å²) in [7, 11) is 0. The van der Waals surface area contributed by atoms with Gasteiger partial charge in [-0.2, -0.15) is 5.26 Å². The number of Topliss-reactive ketones (excluding diaryl/α,β-unsaturated/α-hetero) is 1. The average molecular weight is 391 g/mol. The summed E-state index contributed by atoms with van der Waals surface area (Å²) < 4.78 is 0. The summed E-state index contributed by atoms with van der Waals surface area (Å²) in [4.78, 5) is 27.5. The number of ketones is 1. The molecule has 5 rings (SSSR count). The van der Waals surface area contributed by atoms with Crippen LogP contribution in [0.3, 0.4) is 0 Å². The molecule has 1 unspecified atom stereocenters. The fourth-order valence-corrected chi connectivity index (χ4v) is 5.12. The Kier molecular flexibility index (Phi) is 3.55. The first-order valence-corrected chi connectivity index (χ1v) is 9.72. The molecule has 0 saturated carbocycles. The van der Waals surface area contributed by atoms with Gasteiger partial charge >= 0.3 is 0 Å². The maximum atomic E-state index is 13.3. The second-order valence-electron chi connectivity index (χ2n) is 6.47. The first kappa shape index (κ1) is 16.4. The largest absolute Gasteiger partial charge is 0.289 e. The van der Waals surface area contributed by atoms with Crippen molar-refractivity contribution in [2.24, 2.45) is 0 Å². The molecule has 4 nitrogen and oxygen atoms in total. The number of halogens is 1. The number of fused-ring (bicyclic) bond motifs is 4. The molecule has 6 heteroatoms. The lowest BCUT2D eigenvalue weighted by Crippen LogP contribution is -2.30. The molecule has 3 aliphatic rings. The van der Waals surface area contributed by atoms with Gasteiger partial charge in [0.15, 0.2) is 5.78 Å². The van der Waals surface area contributed by atoms with Crippen LogP contribution in [-0.4, -0.2) is 22.3 Å². The van der Waals surface area contributed by atoms with Crippen LogP contribution in [0.4, 0.5) is 0 Å². The summed E-state index contributed by atoms with van der Waals surface area (Å²) >= 11 is 7.38. The SMILES string of the molecule is N#CC1=C2SCC(=O)N2C2=C(C(=O)c3ccccc32)C1c1ccc(Cl)cc1. The van der Waals surface area contributed by atoms with Crippen LogP contribution in [0.2, 0.25) is 5.02 Å². The number of hydrogen-bond donors (Lipinski definition) is 0. The van der Waals surface area contributed by atoms with E-state index >= 15 is 0 Å². The Labute approximate surface area is 164 Å². The molecule has 2 aromatic carbocycles. The third-order valence-electron chi connectivity index (χ3n) is 5.07. The fraction of sp³-hybridized carbons (Fsp3) is 0.0952. The van der Waals surface area contributed by atoms with E-state index in [9.17, 15) is 14.9 Å². The zero-order valence-electron chi connectivity index (χ0n) is 13.9. The summed E-state index contributed by atoms with van der Waals surface area (Å²) in [6.07, 6.45) is 0. The van der Waals surface area contributed by atoms with Crippen LogP contribution >= 0.6 is 23.4 Å². The van der Waals surface area contributed by atoms with Crippen molar-refractivity contribution in [3.8, 4) is 6.07 Å². The van der Waals surface area contributed by atoms with E-state index in [1.54, 1.807) is 23.1 Å². The summed E-state index contributed by atoms with van der Waals surface area (Å²) in [5, 5.41) is 11.1. The van der Waals surface area contributed by atoms with Crippen molar-refractivity contribution in [2.75, 3.05) is 5.75 Å². The number of nitriles is 1. The van der Waals surface area contributed by atoms with Crippen LogP contribution in [0.15, 0.2) is 64.7 Å². The second-order valence-corrected chi connectivity index (χ2v) is 7.87. The Balaban J connectivity index is 1.83. The van der Waals surface area contributed by atoms with Gasteiger partial charge in [-0.3, -0.25) is 14.5 Å². The molecule has 2 aliphatic heterocycles. The third kappa shape index (κ3) is 2.18. The molecule has 130 valence electrons. The Hall–Kier alpha value is -2.81. The quantitative estimate of drug-likeness (QED) is 0.726. The summed E-state index contributed by atoms with van der Waals surface area (Å²) in [6.45, 7) is 0. The normalized spacial score (nSPS) is 20.6. The number of benzene rings is 2. The topological polar surface area (TPSA) is 61.2 Å². The molecule has 0 aromatic heterocycles. The maximum absolute atomic E-state index is 13.3. The molecule has 0 spiro atoms. The van der Waals surface area contributed by atoms with Crippen molar-refractivity contribution in [2.45, 2.75) is 5.92 Å². The van der Waals surface area contributed by atoms with Gasteiger partial charge in [0.05, 0.1) is 34.0 Å². The molecule has 1 atom stereocenters. The summed E-state index contributed by atoms with van der Waals surface area (Å²) in [6, 6.07) is 16.7. The Bertz CT molecular complexity index is 1140. The molecule has 2 aromatic rings. The third-order valence-corrected chi connectivity index (χ3v) is 6.39. The van der Waals surface area contributed by atoms with E-state index in [0.29, 0.717) is 32.5 Å². The average Bonchev–Trinajstić information content (AvgIpc) is 3.20. The van der Waals surface area contributed by atoms with Crippen LogP contribution in [0, 0.1) is 11.3 Å². The number of amides is 1. The van der Waals surface area contributed by atoms with Crippen LogP contribution in [-0.2, 0) is 4.79 Å². The minimum atomic E-state index is -0.508. The van der Waals surface area contributed by atoms with Crippen LogP contribution in [0.25, 0.3) is 5.70 Å². The highest BCUT2D eigenvalue weighted by Gasteiger charge is 2.48. The molecular formula is C21H11ClN2O2S. The van der Waals surface area contributed by atoms with Gasteiger partial charge in [-0.25, -0.2) is 0 Å². The van der Waals surface area contributed by atoms with Gasteiger partial charge in [0.1, 0.15) is 0 Å². The predicted molar refractivity (Wildman–Crippen MR) is 104 cm³/mol. The van der Waals surface area contributed by atoms with Crippen molar-refractivity contribution in [3.05, 3.63) is 86.4 Å². The number of nitrogens with zero attached hydrogens (tertiary/aromatic N) is 2. The van der Waals surface area contributed by atoms with Gasteiger partial charge in [0.25, 0.3) is 0 Å². The minimum absolute atomic E-state index is 0.102. The lowest BCUT2D eigenvalue weighted by atomic mass is 9.81. The minimum Gasteiger partial charge on any atom is -0.289 e. The van der Waals surface area contributed by atoms with Crippen molar-refractivity contribution in [1.82, 2.24) is 4.90 Å². The molecule has 0 radical (unpaired) electrons.